The van der Waals surface area contributed by atoms with Crippen molar-refractivity contribution in [1.82, 2.24) is 4.98 Å². The summed E-state index contributed by atoms with van der Waals surface area (Å²) in [5, 5.41) is 0.994. The minimum atomic E-state index is 0.104. The van der Waals surface area contributed by atoms with Gasteiger partial charge in [-0.15, -0.1) is 11.3 Å². The first-order valence-corrected chi connectivity index (χ1v) is 10.9. The fraction of sp³-hybridized carbons (Fsp3) is 0.375. The van der Waals surface area contributed by atoms with Crippen molar-refractivity contribution in [1.29, 1.82) is 0 Å². The highest BCUT2D eigenvalue weighted by Crippen LogP contribution is 2.40. The van der Waals surface area contributed by atoms with E-state index in [2.05, 4.69) is 43.0 Å². The second-order valence-corrected chi connectivity index (χ2v) is 8.22. The number of aromatic nitrogens is 1. The Hall–Kier alpha value is -2.57. The Kier molecular flexibility index (Phi) is 7.71. The highest BCUT2D eigenvalue weighted by Gasteiger charge is 2.25. The van der Waals surface area contributed by atoms with E-state index in [1.54, 1.807) is 32.7 Å². The standard InChI is InChI=1S/C24H30N2O3S/c1-6-14-26(21(16-27-3)18-10-8-7-9-11-18)24-25-23(17(2)30-24)20-13-12-19(28-4)15-22(20)29-5/h7-13,15,21H,6,14,16H2,1-5H3. The number of benzene rings is 2. The van der Waals surface area contributed by atoms with E-state index >= 15 is 0 Å². The summed E-state index contributed by atoms with van der Waals surface area (Å²) >= 11 is 1.71. The third-order valence-corrected chi connectivity index (χ3v) is 6.05. The molecule has 0 amide bonds. The molecular formula is C24H30N2O3S. The predicted molar refractivity (Wildman–Crippen MR) is 124 cm³/mol. The van der Waals surface area contributed by atoms with Gasteiger partial charge in [0.05, 0.1) is 32.6 Å². The molecular weight excluding hydrogens is 396 g/mol. The van der Waals surface area contributed by atoms with Crippen LogP contribution in [-0.4, -0.2) is 39.5 Å². The van der Waals surface area contributed by atoms with Gasteiger partial charge in [-0.05, 0) is 31.0 Å². The zero-order valence-corrected chi connectivity index (χ0v) is 19.2. The van der Waals surface area contributed by atoms with Crippen LogP contribution in [0, 0.1) is 6.92 Å². The van der Waals surface area contributed by atoms with E-state index in [4.69, 9.17) is 19.2 Å². The van der Waals surface area contributed by atoms with E-state index in [9.17, 15) is 0 Å². The van der Waals surface area contributed by atoms with Crippen molar-refractivity contribution < 1.29 is 14.2 Å². The van der Waals surface area contributed by atoms with E-state index in [0.717, 1.165) is 45.7 Å². The van der Waals surface area contributed by atoms with Crippen LogP contribution in [0.3, 0.4) is 0 Å². The van der Waals surface area contributed by atoms with Gasteiger partial charge in [-0.25, -0.2) is 4.98 Å². The molecule has 0 aliphatic heterocycles. The normalized spacial score (nSPS) is 11.9. The average molecular weight is 427 g/mol. The number of thiazole rings is 1. The Morgan fingerprint density at radius 1 is 1.03 bits per heavy atom. The van der Waals surface area contributed by atoms with Gasteiger partial charge in [-0.3, -0.25) is 0 Å². The summed E-state index contributed by atoms with van der Waals surface area (Å²) < 4.78 is 16.6. The molecule has 160 valence electrons. The van der Waals surface area contributed by atoms with Crippen LogP contribution >= 0.6 is 11.3 Å². The minimum absolute atomic E-state index is 0.104. The van der Waals surface area contributed by atoms with Crippen molar-refractivity contribution in [3.05, 3.63) is 59.0 Å². The summed E-state index contributed by atoms with van der Waals surface area (Å²) in [7, 11) is 5.08. The largest absolute Gasteiger partial charge is 0.497 e. The molecule has 3 rings (SSSR count). The zero-order chi connectivity index (χ0) is 21.5. The quantitative estimate of drug-likeness (QED) is 0.414. The number of nitrogens with zero attached hydrogens (tertiary/aromatic N) is 2. The van der Waals surface area contributed by atoms with Gasteiger partial charge < -0.3 is 19.1 Å². The van der Waals surface area contributed by atoms with Crippen LogP contribution in [0.15, 0.2) is 48.5 Å². The van der Waals surface area contributed by atoms with Crippen LogP contribution in [0.5, 0.6) is 11.5 Å². The van der Waals surface area contributed by atoms with Crippen molar-refractivity contribution in [3.8, 4) is 22.8 Å². The van der Waals surface area contributed by atoms with Gasteiger partial charge in [0.15, 0.2) is 5.13 Å². The Morgan fingerprint density at radius 2 is 1.80 bits per heavy atom. The maximum absolute atomic E-state index is 5.62. The Labute approximate surface area is 183 Å². The molecule has 0 saturated heterocycles. The molecule has 1 aromatic heterocycles. The van der Waals surface area contributed by atoms with Crippen LogP contribution in [-0.2, 0) is 4.74 Å². The summed E-state index contributed by atoms with van der Waals surface area (Å²) in [5.74, 6) is 1.52. The number of aryl methyl sites for hydroxylation is 1. The maximum atomic E-state index is 5.62. The molecule has 6 heteroatoms. The molecule has 5 nitrogen and oxygen atoms in total. The molecule has 0 spiro atoms. The lowest BCUT2D eigenvalue weighted by Crippen LogP contribution is -2.32. The highest BCUT2D eigenvalue weighted by molar-refractivity contribution is 7.16. The van der Waals surface area contributed by atoms with Crippen molar-refractivity contribution in [2.45, 2.75) is 26.3 Å². The molecule has 2 aromatic carbocycles. The van der Waals surface area contributed by atoms with Gasteiger partial charge in [0.2, 0.25) is 0 Å². The van der Waals surface area contributed by atoms with Crippen molar-refractivity contribution in [2.75, 3.05) is 39.4 Å². The van der Waals surface area contributed by atoms with Gasteiger partial charge in [0.1, 0.15) is 11.5 Å². The number of rotatable bonds is 10. The van der Waals surface area contributed by atoms with Crippen molar-refractivity contribution in [2.24, 2.45) is 0 Å². The fourth-order valence-electron chi connectivity index (χ4n) is 3.57. The van der Waals surface area contributed by atoms with Crippen LogP contribution in [0.25, 0.3) is 11.3 Å². The smallest absolute Gasteiger partial charge is 0.186 e. The first-order valence-electron chi connectivity index (χ1n) is 10.1. The van der Waals surface area contributed by atoms with Gasteiger partial charge >= 0.3 is 0 Å². The van der Waals surface area contributed by atoms with Gasteiger partial charge in [-0.2, -0.15) is 0 Å². The Morgan fingerprint density at radius 3 is 2.43 bits per heavy atom. The molecule has 0 N–H and O–H groups in total. The zero-order valence-electron chi connectivity index (χ0n) is 18.3. The molecule has 3 aromatic rings. The number of hydrogen-bond donors (Lipinski definition) is 0. The van der Waals surface area contributed by atoms with Crippen LogP contribution in [0.2, 0.25) is 0 Å². The summed E-state index contributed by atoms with van der Waals surface area (Å²) in [6.07, 6.45) is 1.02. The summed E-state index contributed by atoms with van der Waals surface area (Å²) in [6, 6.07) is 16.4. The molecule has 0 bridgehead atoms. The molecule has 1 heterocycles. The number of hydrogen-bond acceptors (Lipinski definition) is 6. The molecule has 0 fully saturated rings. The number of anilines is 1. The Balaban J connectivity index is 2.03. The lowest BCUT2D eigenvalue weighted by Gasteiger charge is -2.31. The van der Waals surface area contributed by atoms with Gasteiger partial charge in [-0.1, -0.05) is 37.3 Å². The molecule has 0 saturated carbocycles. The topological polar surface area (TPSA) is 43.8 Å². The Bertz CT molecular complexity index is 943. The van der Waals surface area contributed by atoms with E-state index in [1.807, 2.05) is 24.3 Å². The van der Waals surface area contributed by atoms with Gasteiger partial charge in [0, 0.05) is 30.2 Å². The first-order chi connectivity index (χ1) is 14.6. The molecule has 1 unspecified atom stereocenters. The average Bonchev–Trinajstić information content (AvgIpc) is 3.17. The molecule has 0 radical (unpaired) electrons. The SMILES string of the molecule is CCCN(c1nc(-c2ccc(OC)cc2OC)c(C)s1)C(COC)c1ccccc1. The number of ether oxygens (including phenoxy) is 3. The summed E-state index contributed by atoms with van der Waals surface area (Å²) in [5.41, 5.74) is 3.14. The third kappa shape index (κ3) is 4.77. The van der Waals surface area contributed by atoms with Crippen LogP contribution < -0.4 is 14.4 Å². The minimum Gasteiger partial charge on any atom is -0.497 e. The second kappa shape index (κ2) is 10.5. The molecule has 0 aliphatic rings. The van der Waals surface area contributed by atoms with E-state index in [-0.39, 0.29) is 6.04 Å². The van der Waals surface area contributed by atoms with Crippen LogP contribution in [0.1, 0.15) is 29.8 Å². The third-order valence-electron chi connectivity index (χ3n) is 5.04. The predicted octanol–water partition coefficient (Wildman–Crippen LogP) is 5.74. The number of methoxy groups -OCH3 is 3. The fourth-order valence-corrected chi connectivity index (χ4v) is 4.57. The lowest BCUT2D eigenvalue weighted by molar-refractivity contribution is 0.177. The summed E-state index contributed by atoms with van der Waals surface area (Å²) in [6.45, 7) is 5.80. The molecule has 30 heavy (non-hydrogen) atoms. The monoisotopic (exact) mass is 426 g/mol. The lowest BCUT2D eigenvalue weighted by atomic mass is 10.1. The molecule has 1 atom stereocenters. The van der Waals surface area contributed by atoms with Crippen molar-refractivity contribution >= 4 is 16.5 Å². The van der Waals surface area contributed by atoms with E-state index in [1.165, 1.54) is 5.56 Å². The van der Waals surface area contributed by atoms with Crippen LogP contribution in [0.4, 0.5) is 5.13 Å². The molecule has 0 aliphatic carbocycles. The second-order valence-electron chi connectivity index (χ2n) is 7.04. The van der Waals surface area contributed by atoms with E-state index < -0.39 is 0 Å². The van der Waals surface area contributed by atoms with Gasteiger partial charge in [0.25, 0.3) is 0 Å². The maximum Gasteiger partial charge on any atom is 0.186 e. The first kappa shape index (κ1) is 22.1. The van der Waals surface area contributed by atoms with Crippen molar-refractivity contribution in [3.63, 3.8) is 0 Å². The summed E-state index contributed by atoms with van der Waals surface area (Å²) in [4.78, 5) is 8.57. The highest BCUT2D eigenvalue weighted by atomic mass is 32.1. The van der Waals surface area contributed by atoms with E-state index in [0.29, 0.717) is 6.61 Å².